The van der Waals surface area contributed by atoms with Crippen LogP contribution in [0.25, 0.3) is 11.1 Å². The third kappa shape index (κ3) is 2.98. The van der Waals surface area contributed by atoms with Crippen molar-refractivity contribution in [1.29, 1.82) is 0 Å². The summed E-state index contributed by atoms with van der Waals surface area (Å²) in [6.45, 7) is 4.64. The number of rotatable bonds is 4. The molecule has 2 rings (SSSR count). The van der Waals surface area contributed by atoms with Gasteiger partial charge in [0.25, 0.3) is 0 Å². The SMILES string of the molecule is CCON=Cc1ccc(-c2ccccc2C)cc1. The molecule has 18 heavy (non-hydrogen) atoms. The van der Waals surface area contributed by atoms with Crippen molar-refractivity contribution in [3.05, 3.63) is 59.7 Å². The molecule has 2 heteroatoms. The maximum Gasteiger partial charge on any atom is 0.114 e. The summed E-state index contributed by atoms with van der Waals surface area (Å²) in [5, 5.41) is 3.86. The second kappa shape index (κ2) is 6.01. The molecule has 0 saturated carbocycles. The van der Waals surface area contributed by atoms with E-state index < -0.39 is 0 Å². The Morgan fingerprint density at radius 2 is 1.78 bits per heavy atom. The molecule has 0 fully saturated rings. The third-order valence-corrected chi connectivity index (χ3v) is 2.77. The van der Waals surface area contributed by atoms with Crippen LogP contribution in [0.15, 0.2) is 53.7 Å². The molecule has 0 aliphatic carbocycles. The zero-order valence-corrected chi connectivity index (χ0v) is 10.8. The van der Waals surface area contributed by atoms with E-state index in [0.717, 1.165) is 5.56 Å². The van der Waals surface area contributed by atoms with Crippen molar-refractivity contribution in [2.24, 2.45) is 5.16 Å². The molecule has 0 bridgehead atoms. The van der Waals surface area contributed by atoms with Crippen molar-refractivity contribution >= 4 is 6.21 Å². The van der Waals surface area contributed by atoms with Gasteiger partial charge in [-0.05, 0) is 36.1 Å². The number of oxime groups is 1. The lowest BCUT2D eigenvalue weighted by Gasteiger charge is -2.05. The summed E-state index contributed by atoms with van der Waals surface area (Å²) in [5.41, 5.74) is 4.82. The maximum absolute atomic E-state index is 4.94. The van der Waals surface area contributed by atoms with E-state index in [1.165, 1.54) is 16.7 Å². The van der Waals surface area contributed by atoms with Gasteiger partial charge in [-0.1, -0.05) is 53.7 Å². The lowest BCUT2D eigenvalue weighted by atomic mass is 10.00. The molecule has 0 heterocycles. The van der Waals surface area contributed by atoms with Crippen LogP contribution in [0.2, 0.25) is 0 Å². The van der Waals surface area contributed by atoms with Gasteiger partial charge in [0.05, 0.1) is 6.21 Å². The van der Waals surface area contributed by atoms with Crippen molar-refractivity contribution in [2.75, 3.05) is 6.61 Å². The topological polar surface area (TPSA) is 21.6 Å². The van der Waals surface area contributed by atoms with Gasteiger partial charge >= 0.3 is 0 Å². The molecule has 2 aromatic rings. The van der Waals surface area contributed by atoms with E-state index in [2.05, 4.69) is 48.5 Å². The van der Waals surface area contributed by atoms with Crippen LogP contribution in [0.5, 0.6) is 0 Å². The van der Waals surface area contributed by atoms with Gasteiger partial charge in [-0.2, -0.15) is 0 Å². The minimum atomic E-state index is 0.595. The van der Waals surface area contributed by atoms with Gasteiger partial charge in [0.2, 0.25) is 0 Å². The van der Waals surface area contributed by atoms with Crippen LogP contribution in [-0.4, -0.2) is 12.8 Å². The molecule has 0 aromatic heterocycles. The molecule has 2 aromatic carbocycles. The van der Waals surface area contributed by atoms with Gasteiger partial charge in [-0.3, -0.25) is 0 Å². The summed E-state index contributed by atoms with van der Waals surface area (Å²) in [6.07, 6.45) is 1.73. The smallest absolute Gasteiger partial charge is 0.114 e. The normalized spacial score (nSPS) is 10.8. The fourth-order valence-corrected chi connectivity index (χ4v) is 1.82. The molecule has 0 saturated heterocycles. The number of hydrogen-bond acceptors (Lipinski definition) is 2. The molecule has 0 atom stereocenters. The zero-order valence-electron chi connectivity index (χ0n) is 10.8. The maximum atomic E-state index is 4.94. The largest absolute Gasteiger partial charge is 0.396 e. The van der Waals surface area contributed by atoms with Crippen LogP contribution in [0, 0.1) is 6.92 Å². The fraction of sp³-hybridized carbons (Fsp3) is 0.188. The van der Waals surface area contributed by atoms with Crippen molar-refractivity contribution < 1.29 is 4.84 Å². The number of nitrogens with zero attached hydrogens (tertiary/aromatic N) is 1. The van der Waals surface area contributed by atoms with Crippen LogP contribution in [0.4, 0.5) is 0 Å². The van der Waals surface area contributed by atoms with Crippen LogP contribution in [-0.2, 0) is 4.84 Å². The molecule has 0 spiro atoms. The Kier molecular flexibility index (Phi) is 4.13. The first-order valence-corrected chi connectivity index (χ1v) is 6.12. The summed E-state index contributed by atoms with van der Waals surface area (Å²) in [7, 11) is 0. The highest BCUT2D eigenvalue weighted by molar-refractivity contribution is 5.80. The predicted molar refractivity (Wildman–Crippen MR) is 75.8 cm³/mol. The molecule has 2 nitrogen and oxygen atoms in total. The Labute approximate surface area is 108 Å². The van der Waals surface area contributed by atoms with Crippen molar-refractivity contribution in [1.82, 2.24) is 0 Å². The standard InChI is InChI=1S/C16H17NO/c1-3-18-17-12-14-8-10-15(11-9-14)16-7-5-4-6-13(16)2/h4-12H,3H2,1-2H3. The Bertz CT molecular complexity index is 529. The molecule has 92 valence electrons. The molecule has 0 amide bonds. The molecular weight excluding hydrogens is 222 g/mol. The van der Waals surface area contributed by atoms with Gasteiger partial charge in [0, 0.05) is 0 Å². The highest BCUT2D eigenvalue weighted by Crippen LogP contribution is 2.22. The first-order valence-electron chi connectivity index (χ1n) is 6.12. The molecular formula is C16H17NO. The van der Waals surface area contributed by atoms with Gasteiger partial charge in [0.15, 0.2) is 0 Å². The van der Waals surface area contributed by atoms with Crippen molar-refractivity contribution in [3.8, 4) is 11.1 Å². The summed E-state index contributed by atoms with van der Waals surface area (Å²) in [4.78, 5) is 4.94. The van der Waals surface area contributed by atoms with Crippen LogP contribution >= 0.6 is 0 Å². The first-order chi connectivity index (χ1) is 8.81. The van der Waals surface area contributed by atoms with Crippen LogP contribution in [0.1, 0.15) is 18.1 Å². The van der Waals surface area contributed by atoms with Crippen LogP contribution in [0.3, 0.4) is 0 Å². The highest BCUT2D eigenvalue weighted by atomic mass is 16.6. The van der Waals surface area contributed by atoms with Gasteiger partial charge in [-0.15, -0.1) is 0 Å². The molecule has 0 unspecified atom stereocenters. The molecule has 0 radical (unpaired) electrons. The Balaban J connectivity index is 2.20. The summed E-state index contributed by atoms with van der Waals surface area (Å²) < 4.78 is 0. The van der Waals surface area contributed by atoms with Gasteiger partial charge in [0.1, 0.15) is 6.61 Å². The quantitative estimate of drug-likeness (QED) is 0.583. The van der Waals surface area contributed by atoms with E-state index in [1.54, 1.807) is 6.21 Å². The van der Waals surface area contributed by atoms with Crippen molar-refractivity contribution in [3.63, 3.8) is 0 Å². The number of benzene rings is 2. The third-order valence-electron chi connectivity index (χ3n) is 2.77. The summed E-state index contributed by atoms with van der Waals surface area (Å²) in [5.74, 6) is 0. The lowest BCUT2D eigenvalue weighted by Crippen LogP contribution is -1.86. The second-order valence-corrected chi connectivity index (χ2v) is 4.09. The monoisotopic (exact) mass is 239 g/mol. The van der Waals surface area contributed by atoms with Crippen molar-refractivity contribution in [2.45, 2.75) is 13.8 Å². The second-order valence-electron chi connectivity index (χ2n) is 4.09. The molecule has 0 aliphatic heterocycles. The van der Waals surface area contributed by atoms with E-state index in [1.807, 2.05) is 19.1 Å². The highest BCUT2D eigenvalue weighted by Gasteiger charge is 2.00. The first kappa shape index (κ1) is 12.4. The zero-order chi connectivity index (χ0) is 12.8. The van der Waals surface area contributed by atoms with Gasteiger partial charge < -0.3 is 4.84 Å². The van der Waals surface area contributed by atoms with E-state index in [4.69, 9.17) is 4.84 Å². The molecule has 0 aliphatic rings. The average Bonchev–Trinajstić information content (AvgIpc) is 2.41. The average molecular weight is 239 g/mol. The van der Waals surface area contributed by atoms with Gasteiger partial charge in [-0.25, -0.2) is 0 Å². The Morgan fingerprint density at radius 3 is 2.44 bits per heavy atom. The Morgan fingerprint density at radius 1 is 1.06 bits per heavy atom. The number of hydrogen-bond donors (Lipinski definition) is 0. The van der Waals surface area contributed by atoms with E-state index >= 15 is 0 Å². The summed E-state index contributed by atoms with van der Waals surface area (Å²) in [6, 6.07) is 16.7. The van der Waals surface area contributed by atoms with E-state index in [0.29, 0.717) is 6.61 Å². The molecule has 0 N–H and O–H groups in total. The predicted octanol–water partition coefficient (Wildman–Crippen LogP) is 4.03. The number of aryl methyl sites for hydroxylation is 1. The summed E-state index contributed by atoms with van der Waals surface area (Å²) >= 11 is 0. The Hall–Kier alpha value is -2.09. The van der Waals surface area contributed by atoms with Crippen LogP contribution < -0.4 is 0 Å². The minimum absolute atomic E-state index is 0.595. The van der Waals surface area contributed by atoms with E-state index in [9.17, 15) is 0 Å². The fourth-order valence-electron chi connectivity index (χ4n) is 1.82. The van der Waals surface area contributed by atoms with E-state index in [-0.39, 0.29) is 0 Å². The minimum Gasteiger partial charge on any atom is -0.396 e. The lowest BCUT2D eigenvalue weighted by molar-refractivity contribution is 0.160.